The molecule has 8 rings (SSSR count). The number of benzene rings is 2. The van der Waals surface area contributed by atoms with Crippen LogP contribution in [0.1, 0.15) is 62.6 Å². The topological polar surface area (TPSA) is 80.6 Å². The molecule has 2 aromatic carbocycles. The van der Waals surface area contributed by atoms with Crippen molar-refractivity contribution in [3.63, 3.8) is 0 Å². The molecule has 6 heterocycles. The van der Waals surface area contributed by atoms with Crippen molar-refractivity contribution in [2.75, 3.05) is 66.3 Å². The van der Waals surface area contributed by atoms with E-state index in [1.165, 1.54) is 35.0 Å². The van der Waals surface area contributed by atoms with Gasteiger partial charge in [-0.15, -0.1) is 6.58 Å². The van der Waals surface area contributed by atoms with E-state index in [9.17, 15) is 0 Å². The number of rotatable bonds is 10. The van der Waals surface area contributed by atoms with Crippen LogP contribution in [0, 0.1) is 5.92 Å². The number of likely N-dealkylation sites (N-methyl/N-ethyl adjacent to an activating group) is 1. The molecule has 56 heavy (non-hydrogen) atoms. The van der Waals surface area contributed by atoms with Gasteiger partial charge in [0.05, 0.1) is 17.4 Å². The van der Waals surface area contributed by atoms with E-state index in [2.05, 4.69) is 125 Å². The van der Waals surface area contributed by atoms with Crippen LogP contribution in [-0.4, -0.2) is 77.0 Å². The number of nitrogens with zero attached hydrogens (tertiary/aromatic N) is 8. The summed E-state index contributed by atoms with van der Waals surface area (Å²) in [6, 6.07) is 13.6. The molecule has 2 aromatic heterocycles. The van der Waals surface area contributed by atoms with E-state index < -0.39 is 0 Å². The summed E-state index contributed by atoms with van der Waals surface area (Å²) in [5, 5.41) is 13.5. The van der Waals surface area contributed by atoms with Gasteiger partial charge in [-0.2, -0.15) is 10.1 Å². The van der Waals surface area contributed by atoms with Crippen molar-refractivity contribution in [3.8, 4) is 0 Å². The van der Waals surface area contributed by atoms with Gasteiger partial charge in [0.15, 0.2) is 5.82 Å². The number of hydrogen-bond acceptors (Lipinski definition) is 9. The highest BCUT2D eigenvalue weighted by molar-refractivity contribution is 6.32. The normalized spacial score (nSPS) is 21.0. The van der Waals surface area contributed by atoms with E-state index >= 15 is 0 Å². The standard InChI is InChI=1S/C45H55ClN10/c1-8-9-10-34-23-35-24-36(12-16-41(35)52(6)32(34)5)49-44-40(46)26-47-45(50-44)56-22-21-55(30(3)27-56)28-33-17-19-54(20-18-33)37-13-15-39-42(25-37)53(7)51-43(39)38-14-11-29(2)48-31(38)4/h8,12-13,15-16,23-26,30,33,38,48H,1-2,4-5,9-11,14,17-22,27-28H2,3,6-7H3,(H,47,49,50)/t30-,38?/m0/s1. The fraction of sp³-hybridized carbons (Fsp3) is 0.400. The Kier molecular flexibility index (Phi) is 10.7. The molecule has 4 aliphatic rings. The monoisotopic (exact) mass is 770 g/mol. The van der Waals surface area contributed by atoms with Crippen molar-refractivity contribution < 1.29 is 0 Å². The Morgan fingerprint density at radius 1 is 1.00 bits per heavy atom. The molecule has 10 nitrogen and oxygen atoms in total. The third kappa shape index (κ3) is 7.56. The number of halogens is 1. The van der Waals surface area contributed by atoms with E-state index in [0.717, 1.165) is 105 Å². The smallest absolute Gasteiger partial charge is 0.227 e. The molecule has 4 aromatic rings. The minimum absolute atomic E-state index is 0.206. The molecule has 2 N–H and O–H groups in total. The van der Waals surface area contributed by atoms with Crippen LogP contribution in [0.2, 0.25) is 5.02 Å². The minimum atomic E-state index is 0.206. The Balaban J connectivity index is 0.862. The maximum atomic E-state index is 6.66. The average molecular weight is 771 g/mol. The fourth-order valence-electron chi connectivity index (χ4n) is 8.95. The van der Waals surface area contributed by atoms with Crippen LogP contribution in [0.15, 0.2) is 97.7 Å². The van der Waals surface area contributed by atoms with E-state index in [4.69, 9.17) is 21.7 Å². The van der Waals surface area contributed by atoms with Gasteiger partial charge >= 0.3 is 0 Å². The Bertz CT molecular complexity index is 2210. The molecule has 292 valence electrons. The molecule has 0 amide bonds. The predicted molar refractivity (Wildman–Crippen MR) is 234 cm³/mol. The Hall–Kier alpha value is -5.06. The first-order chi connectivity index (χ1) is 27.1. The molecule has 0 bridgehead atoms. The summed E-state index contributed by atoms with van der Waals surface area (Å²) in [7, 11) is 4.13. The summed E-state index contributed by atoms with van der Waals surface area (Å²) in [5.41, 5.74) is 11.1. The lowest BCUT2D eigenvalue weighted by molar-refractivity contribution is 0.149. The minimum Gasteiger partial charge on any atom is -0.371 e. The number of aryl methyl sites for hydroxylation is 1. The van der Waals surface area contributed by atoms with Gasteiger partial charge in [-0.25, -0.2) is 4.98 Å². The molecule has 0 spiro atoms. The van der Waals surface area contributed by atoms with E-state index in [-0.39, 0.29) is 5.92 Å². The molecule has 0 aliphatic carbocycles. The maximum Gasteiger partial charge on any atom is 0.227 e. The number of fused-ring (bicyclic) bond motifs is 2. The third-order valence-corrected chi connectivity index (χ3v) is 12.6. The lowest BCUT2D eigenvalue weighted by atomic mass is 9.90. The number of piperidine rings is 2. The molecule has 0 radical (unpaired) electrons. The number of piperazine rings is 1. The largest absolute Gasteiger partial charge is 0.371 e. The quantitative estimate of drug-likeness (QED) is 0.154. The van der Waals surface area contributed by atoms with Gasteiger partial charge in [-0.1, -0.05) is 37.4 Å². The number of allylic oxidation sites excluding steroid dienone is 4. The number of aromatic nitrogens is 4. The highest BCUT2D eigenvalue weighted by Crippen LogP contribution is 2.39. The van der Waals surface area contributed by atoms with Crippen LogP contribution >= 0.6 is 11.6 Å². The van der Waals surface area contributed by atoms with Gasteiger partial charge in [-0.3, -0.25) is 9.58 Å². The maximum absolute atomic E-state index is 6.66. The highest BCUT2D eigenvalue weighted by Gasteiger charge is 2.30. The van der Waals surface area contributed by atoms with Crippen molar-refractivity contribution in [1.82, 2.24) is 30.0 Å². The van der Waals surface area contributed by atoms with E-state index in [1.807, 2.05) is 10.8 Å². The van der Waals surface area contributed by atoms with Crippen LogP contribution < -0.4 is 25.3 Å². The van der Waals surface area contributed by atoms with Crippen molar-refractivity contribution in [2.45, 2.75) is 57.4 Å². The summed E-state index contributed by atoms with van der Waals surface area (Å²) < 4.78 is 2.04. The van der Waals surface area contributed by atoms with Gasteiger partial charge in [0.25, 0.3) is 0 Å². The lowest BCUT2D eigenvalue weighted by Crippen LogP contribution is -2.54. The highest BCUT2D eigenvalue weighted by atomic mass is 35.5. The van der Waals surface area contributed by atoms with Crippen molar-refractivity contribution in [3.05, 3.63) is 114 Å². The van der Waals surface area contributed by atoms with E-state index in [1.54, 1.807) is 6.20 Å². The fourth-order valence-corrected chi connectivity index (χ4v) is 9.08. The van der Waals surface area contributed by atoms with Gasteiger partial charge in [0, 0.05) is 110 Å². The zero-order valence-corrected chi connectivity index (χ0v) is 34.0. The molecule has 1 unspecified atom stereocenters. The first kappa shape index (κ1) is 37.8. The Labute approximate surface area is 336 Å². The van der Waals surface area contributed by atoms with Gasteiger partial charge < -0.3 is 25.3 Å². The van der Waals surface area contributed by atoms with Crippen molar-refractivity contribution >= 4 is 57.4 Å². The summed E-state index contributed by atoms with van der Waals surface area (Å²) in [4.78, 5) is 19.3. The van der Waals surface area contributed by atoms with E-state index in [0.29, 0.717) is 28.7 Å². The second-order valence-corrected chi connectivity index (χ2v) is 16.5. The summed E-state index contributed by atoms with van der Waals surface area (Å²) >= 11 is 6.66. The number of anilines is 5. The molecule has 3 fully saturated rings. The zero-order chi connectivity index (χ0) is 39.1. The lowest BCUT2D eigenvalue weighted by Gasteiger charge is -2.43. The van der Waals surface area contributed by atoms with Crippen LogP contribution in [0.3, 0.4) is 0 Å². The van der Waals surface area contributed by atoms with Gasteiger partial charge in [0.2, 0.25) is 5.95 Å². The number of hydrogen-bond donors (Lipinski definition) is 2. The van der Waals surface area contributed by atoms with Crippen LogP contribution in [0.4, 0.5) is 28.8 Å². The first-order valence-corrected chi connectivity index (χ1v) is 20.5. The molecular formula is C45H55ClN10. The van der Waals surface area contributed by atoms with Gasteiger partial charge in [-0.05, 0) is 99.4 Å². The van der Waals surface area contributed by atoms with Crippen LogP contribution in [0.25, 0.3) is 17.0 Å². The molecule has 11 heteroatoms. The van der Waals surface area contributed by atoms with Gasteiger partial charge in [0.1, 0.15) is 5.02 Å². The second kappa shape index (κ2) is 15.8. The van der Waals surface area contributed by atoms with Crippen LogP contribution in [-0.2, 0) is 7.05 Å². The summed E-state index contributed by atoms with van der Waals surface area (Å²) in [6.45, 7) is 24.9. The van der Waals surface area contributed by atoms with Crippen LogP contribution in [0.5, 0.6) is 0 Å². The summed E-state index contributed by atoms with van der Waals surface area (Å²) in [6.07, 6.45) is 12.0. The third-order valence-electron chi connectivity index (χ3n) is 12.3. The predicted octanol–water partition coefficient (Wildman–Crippen LogP) is 8.99. The number of nitrogens with one attached hydrogen (secondary N) is 2. The SMILES string of the molecule is C=CCCC1=Cc2cc(Nc3nc(N4CCN(CC5CCN(c6ccc7c(C8CCC(=C)NC8=C)nn(C)c7c6)CC5)[C@@H](C)C4)ncc3Cl)ccc2N(C)C1=C. The summed E-state index contributed by atoms with van der Waals surface area (Å²) in [5.74, 6) is 2.21. The molecule has 3 saturated heterocycles. The van der Waals surface area contributed by atoms with Crippen molar-refractivity contribution in [2.24, 2.45) is 13.0 Å². The molecule has 4 aliphatic heterocycles. The molecule has 0 saturated carbocycles. The molecule has 2 atom stereocenters. The molecular weight excluding hydrogens is 716 g/mol. The first-order valence-electron chi connectivity index (χ1n) is 20.1. The van der Waals surface area contributed by atoms with Crippen molar-refractivity contribution in [1.29, 1.82) is 0 Å². The zero-order valence-electron chi connectivity index (χ0n) is 33.2. The Morgan fingerprint density at radius 2 is 1.82 bits per heavy atom. The second-order valence-electron chi connectivity index (χ2n) is 16.0. The Morgan fingerprint density at radius 3 is 2.59 bits per heavy atom. The average Bonchev–Trinajstić information content (AvgIpc) is 3.52.